The maximum absolute atomic E-state index is 14.1. The second kappa shape index (κ2) is 11.3. The van der Waals surface area contributed by atoms with Gasteiger partial charge in [0.15, 0.2) is 23.8 Å². The van der Waals surface area contributed by atoms with Gasteiger partial charge < -0.3 is 18.7 Å². The van der Waals surface area contributed by atoms with Gasteiger partial charge in [0.25, 0.3) is 5.56 Å². The summed E-state index contributed by atoms with van der Waals surface area (Å²) in [7, 11) is -4.23. The number of H-pyrrole nitrogens is 1. The number of aromatic nitrogens is 2. The third kappa shape index (κ3) is 5.92. The number of aromatic amines is 1. The highest BCUT2D eigenvalue weighted by molar-refractivity contribution is 7.52. The van der Waals surface area contributed by atoms with Gasteiger partial charge >= 0.3 is 19.4 Å². The Hall–Kier alpha value is -3.25. The van der Waals surface area contributed by atoms with Crippen LogP contribution in [0.15, 0.2) is 45.0 Å². The Morgan fingerprint density at radius 1 is 1.23 bits per heavy atom. The average Bonchev–Trinajstić information content (AvgIpc) is 3.17. The molecule has 1 fully saturated rings. The molecule has 2 N–H and O–H groups in total. The van der Waals surface area contributed by atoms with Crippen LogP contribution in [0.2, 0.25) is 0 Å². The van der Waals surface area contributed by atoms with Crippen LogP contribution in [-0.4, -0.2) is 58.7 Å². The van der Waals surface area contributed by atoms with Crippen LogP contribution in [0.3, 0.4) is 0 Å². The van der Waals surface area contributed by atoms with Gasteiger partial charge in [0.1, 0.15) is 17.7 Å². The third-order valence-corrected chi connectivity index (χ3v) is 8.36. The number of fused-ring (bicyclic) bond motifs is 2. The van der Waals surface area contributed by atoms with Crippen molar-refractivity contribution in [2.24, 2.45) is 4.99 Å². The molecule has 0 amide bonds. The van der Waals surface area contributed by atoms with E-state index in [1.165, 1.54) is 23.8 Å². The van der Waals surface area contributed by atoms with Crippen LogP contribution in [0, 0.1) is 0 Å². The van der Waals surface area contributed by atoms with Crippen molar-refractivity contribution in [1.82, 2.24) is 14.6 Å². The number of nitrogens with one attached hydrogen (secondary N) is 2. The van der Waals surface area contributed by atoms with Crippen LogP contribution in [0.4, 0.5) is 0 Å². The first-order chi connectivity index (χ1) is 18.8. The molecular formula is C26H35N4O9P. The summed E-state index contributed by atoms with van der Waals surface area (Å²) in [6, 6.07) is 5.35. The van der Waals surface area contributed by atoms with Crippen LogP contribution in [0.25, 0.3) is 0 Å². The van der Waals surface area contributed by atoms with E-state index < -0.39 is 55.0 Å². The first-order valence-electron chi connectivity index (χ1n) is 12.9. The van der Waals surface area contributed by atoms with Crippen LogP contribution in [-0.2, 0) is 23.4 Å². The van der Waals surface area contributed by atoms with E-state index in [1.807, 2.05) is 19.9 Å². The zero-order valence-corrected chi connectivity index (χ0v) is 24.2. The molecule has 0 saturated carbocycles. The fourth-order valence-corrected chi connectivity index (χ4v) is 6.05. The molecule has 3 heterocycles. The Balaban J connectivity index is 1.77. The average molecular weight is 579 g/mol. The monoisotopic (exact) mass is 578 g/mol. The van der Waals surface area contributed by atoms with Gasteiger partial charge in [-0.15, -0.1) is 0 Å². The van der Waals surface area contributed by atoms with Gasteiger partial charge in [-0.05, 0) is 58.0 Å². The lowest BCUT2D eigenvalue weighted by molar-refractivity contribution is -0.149. The number of aliphatic imine (C=N–C) groups is 1. The zero-order chi connectivity index (χ0) is 29.4. The second-order valence-electron chi connectivity index (χ2n) is 10.5. The minimum Gasteiger partial charge on any atom is -0.481 e. The van der Waals surface area contributed by atoms with Crippen molar-refractivity contribution < 1.29 is 32.6 Å². The van der Waals surface area contributed by atoms with Crippen molar-refractivity contribution >= 4 is 20.4 Å². The molecular weight excluding hydrogens is 543 g/mol. The molecule has 2 aromatic rings. The molecule has 0 bridgehead atoms. The van der Waals surface area contributed by atoms with Crippen molar-refractivity contribution in [2.45, 2.75) is 83.6 Å². The lowest BCUT2D eigenvalue weighted by atomic mass is 9.92. The van der Waals surface area contributed by atoms with E-state index in [4.69, 9.17) is 23.3 Å². The number of nitrogens with zero attached hydrogens (tertiary/aromatic N) is 2. The van der Waals surface area contributed by atoms with Crippen molar-refractivity contribution in [3.63, 3.8) is 0 Å². The topological polar surface area (TPSA) is 160 Å². The Kier molecular flexibility index (Phi) is 8.41. The maximum Gasteiger partial charge on any atom is 0.459 e. The number of rotatable bonds is 7. The van der Waals surface area contributed by atoms with E-state index in [0.29, 0.717) is 0 Å². The summed E-state index contributed by atoms with van der Waals surface area (Å²) in [5.74, 6) is -0.199. The summed E-state index contributed by atoms with van der Waals surface area (Å²) >= 11 is 0. The smallest absolute Gasteiger partial charge is 0.459 e. The summed E-state index contributed by atoms with van der Waals surface area (Å²) in [5, 5.41) is 2.65. The number of hydrogen-bond acceptors (Lipinski definition) is 10. The first kappa shape index (κ1) is 29.7. The van der Waals surface area contributed by atoms with E-state index in [2.05, 4.69) is 21.8 Å². The second-order valence-corrected chi connectivity index (χ2v) is 12.2. The molecule has 0 spiro atoms. The molecule has 1 saturated heterocycles. The molecule has 2 aliphatic rings. The van der Waals surface area contributed by atoms with Crippen molar-refractivity contribution in [3.8, 4) is 11.5 Å². The van der Waals surface area contributed by atoms with Crippen molar-refractivity contribution in [3.05, 3.63) is 56.9 Å². The Labute approximate surface area is 231 Å². The Bertz CT molecular complexity index is 1440. The van der Waals surface area contributed by atoms with Crippen LogP contribution >= 0.6 is 7.75 Å². The zero-order valence-electron chi connectivity index (χ0n) is 23.3. The number of hydrogen-bond donors (Lipinski definition) is 2. The van der Waals surface area contributed by atoms with Gasteiger partial charge in [0, 0.05) is 12.3 Å². The number of esters is 1. The summed E-state index contributed by atoms with van der Waals surface area (Å²) in [5.41, 5.74) is -1.67. The highest BCUT2D eigenvalue weighted by Crippen LogP contribution is 2.52. The minimum absolute atomic E-state index is 0.105. The lowest BCUT2D eigenvalue weighted by Crippen LogP contribution is -2.48. The normalized spacial score (nSPS) is 28.8. The van der Waals surface area contributed by atoms with Crippen molar-refractivity contribution in [1.29, 1.82) is 0 Å². The Morgan fingerprint density at radius 3 is 2.58 bits per heavy atom. The molecule has 40 heavy (non-hydrogen) atoms. The van der Waals surface area contributed by atoms with Gasteiger partial charge in [0.05, 0.1) is 12.7 Å². The predicted octanol–water partition coefficient (Wildman–Crippen LogP) is 2.91. The molecule has 218 valence electrons. The summed E-state index contributed by atoms with van der Waals surface area (Å²) in [6.07, 6.45) is -1.96. The molecule has 13 nitrogen and oxygen atoms in total. The SMILES string of the molecule is C=N[C@]1(C)[C@@H]2Oc3ccc(C(C)C)cc3OP(=O)(N[C@@H](C)C(=O)OC(C)C)OC[C@H]2O[C@H]1n1ccc(=O)[nH]c1=O. The molecule has 0 radical (unpaired) electrons. The fraction of sp³-hybridized carbons (Fsp3) is 0.538. The number of ether oxygens (including phenoxy) is 3. The van der Waals surface area contributed by atoms with Crippen molar-refractivity contribution in [2.75, 3.05) is 6.61 Å². The molecule has 14 heteroatoms. The lowest BCUT2D eigenvalue weighted by Gasteiger charge is -2.32. The number of carbonyl (C=O) groups excluding carboxylic acids is 1. The molecule has 4 rings (SSSR count). The standard InChI is InChI=1S/C26H35N4O9P/c1-14(2)17-8-9-18-19(12-17)39-40(34,29-16(5)23(32)36-15(3)4)35-13-20-22(37-18)26(6,27-7)24(38-20)30-11-10-21(31)28-25(30)33/h8-12,14-16,20,22,24H,7,13H2,1-6H3,(H,29,34)(H,28,31,33)/t16-,20+,22+,24+,26+,40?/m0/s1. The van der Waals surface area contributed by atoms with Gasteiger partial charge in [-0.1, -0.05) is 19.9 Å². The van der Waals surface area contributed by atoms with E-state index in [1.54, 1.807) is 32.9 Å². The highest BCUT2D eigenvalue weighted by Gasteiger charge is 2.57. The summed E-state index contributed by atoms with van der Waals surface area (Å²) in [4.78, 5) is 43.3. The molecule has 1 aromatic heterocycles. The van der Waals surface area contributed by atoms with E-state index >= 15 is 0 Å². The largest absolute Gasteiger partial charge is 0.481 e. The maximum atomic E-state index is 14.1. The molecule has 0 aliphatic carbocycles. The molecule has 1 aromatic carbocycles. The van der Waals surface area contributed by atoms with E-state index in [-0.39, 0.29) is 30.1 Å². The van der Waals surface area contributed by atoms with Gasteiger partial charge in [-0.3, -0.25) is 28.7 Å². The number of benzene rings is 1. The molecule has 2 aliphatic heterocycles. The molecule has 6 atom stereocenters. The Morgan fingerprint density at radius 2 is 1.95 bits per heavy atom. The molecule has 1 unspecified atom stereocenters. The van der Waals surface area contributed by atoms with Gasteiger partial charge in [-0.25, -0.2) is 9.36 Å². The van der Waals surface area contributed by atoms with Crippen LogP contribution < -0.4 is 25.6 Å². The minimum atomic E-state index is -4.23. The number of carbonyl (C=O) groups is 1. The van der Waals surface area contributed by atoms with Crippen LogP contribution in [0.1, 0.15) is 59.3 Å². The van der Waals surface area contributed by atoms with E-state index in [9.17, 15) is 18.9 Å². The predicted molar refractivity (Wildman–Crippen MR) is 146 cm³/mol. The first-order valence-corrected chi connectivity index (χ1v) is 14.5. The quantitative estimate of drug-likeness (QED) is 0.284. The van der Waals surface area contributed by atoms with Crippen LogP contribution in [0.5, 0.6) is 11.5 Å². The van der Waals surface area contributed by atoms with Gasteiger partial charge in [-0.2, -0.15) is 5.09 Å². The third-order valence-electron chi connectivity index (χ3n) is 6.73. The fourth-order valence-electron chi connectivity index (χ4n) is 4.55. The van der Waals surface area contributed by atoms with Gasteiger partial charge in [0.2, 0.25) is 0 Å². The van der Waals surface area contributed by atoms with E-state index in [0.717, 1.165) is 5.56 Å². The highest BCUT2D eigenvalue weighted by atomic mass is 31.2. The summed E-state index contributed by atoms with van der Waals surface area (Å²) < 4.78 is 44.8. The summed E-state index contributed by atoms with van der Waals surface area (Å²) in [6.45, 7) is 13.9.